The molecule has 0 saturated heterocycles. The number of benzene rings is 1. The molecular weight excluding hydrogens is 400 g/mol. The Labute approximate surface area is 191 Å². The van der Waals surface area contributed by atoms with Crippen molar-refractivity contribution in [2.75, 3.05) is 0 Å². The molecule has 1 aliphatic carbocycles. The molecule has 0 N–H and O–H groups in total. The molecule has 0 aliphatic heterocycles. The number of carbonyl (C=O) groups excluding carboxylic acids is 2. The minimum absolute atomic E-state index is 0.395. The highest BCUT2D eigenvalue weighted by Gasteiger charge is 2.54. The Balaban J connectivity index is 2.57. The summed E-state index contributed by atoms with van der Waals surface area (Å²) in [6.07, 6.45) is 9.81. The van der Waals surface area contributed by atoms with Gasteiger partial charge in [0.1, 0.15) is 12.2 Å². The van der Waals surface area contributed by atoms with Crippen LogP contribution >= 0.6 is 0 Å². The molecule has 0 bridgehead atoms. The molecule has 0 radical (unpaired) electrons. The predicted octanol–water partition coefficient (Wildman–Crippen LogP) is 6.01. The molecule has 0 aromatic heterocycles. The minimum Gasteiger partial charge on any atom is -0.456 e. The minimum atomic E-state index is -1.69. The molecule has 1 aromatic rings. The van der Waals surface area contributed by atoms with E-state index in [1.54, 1.807) is 38.2 Å². The lowest BCUT2D eigenvalue weighted by molar-refractivity contribution is -0.173. The van der Waals surface area contributed by atoms with Gasteiger partial charge in [-0.15, -0.1) is 13.2 Å². The van der Waals surface area contributed by atoms with Gasteiger partial charge >= 0.3 is 11.9 Å². The van der Waals surface area contributed by atoms with Crippen molar-refractivity contribution in [2.24, 2.45) is 5.41 Å². The molecule has 4 heteroatoms. The summed E-state index contributed by atoms with van der Waals surface area (Å²) in [4.78, 5) is 27.4. The number of hydrogen-bond acceptors (Lipinski definition) is 4. The highest BCUT2D eigenvalue weighted by Crippen LogP contribution is 2.44. The molecule has 3 atom stereocenters. The van der Waals surface area contributed by atoms with Crippen LogP contribution in [0.5, 0.6) is 0 Å². The maximum absolute atomic E-state index is 13.7. The molecular formula is C28H32O4. The van der Waals surface area contributed by atoms with Crippen LogP contribution in [-0.2, 0) is 19.1 Å². The molecule has 0 heterocycles. The maximum atomic E-state index is 13.7. The average Bonchev–Trinajstić information content (AvgIpc) is 2.78. The summed E-state index contributed by atoms with van der Waals surface area (Å²) in [6.45, 7) is 18.8. The largest absolute Gasteiger partial charge is 0.456 e. The first-order valence-corrected chi connectivity index (χ1v) is 10.6. The Morgan fingerprint density at radius 2 is 1.44 bits per heavy atom. The molecule has 0 saturated carbocycles. The van der Waals surface area contributed by atoms with Crippen LogP contribution in [0.2, 0.25) is 0 Å². The van der Waals surface area contributed by atoms with Crippen LogP contribution in [0.3, 0.4) is 0 Å². The maximum Gasteiger partial charge on any atom is 0.329 e. The fourth-order valence-electron chi connectivity index (χ4n) is 3.60. The Morgan fingerprint density at radius 1 is 0.938 bits per heavy atom. The SMILES string of the molecule is C=CCC(OC(=O)C1(C(=O)OC(CC=C)C(=C)C)C=CC=CC1c1ccccc1)C(=C)C. The van der Waals surface area contributed by atoms with E-state index in [1.165, 1.54) is 0 Å². The average molecular weight is 433 g/mol. The summed E-state index contributed by atoms with van der Waals surface area (Å²) < 4.78 is 11.7. The molecule has 1 aliphatic rings. The molecule has 168 valence electrons. The monoisotopic (exact) mass is 432 g/mol. The van der Waals surface area contributed by atoms with Gasteiger partial charge in [0.2, 0.25) is 0 Å². The summed E-state index contributed by atoms with van der Waals surface area (Å²) in [6, 6.07) is 9.37. The molecule has 0 amide bonds. The summed E-state index contributed by atoms with van der Waals surface area (Å²) in [5.41, 5.74) is 0.438. The Morgan fingerprint density at radius 3 is 1.88 bits per heavy atom. The van der Waals surface area contributed by atoms with E-state index in [1.807, 2.05) is 42.5 Å². The van der Waals surface area contributed by atoms with E-state index >= 15 is 0 Å². The third-order valence-electron chi connectivity index (χ3n) is 5.46. The highest BCUT2D eigenvalue weighted by atomic mass is 16.6. The lowest BCUT2D eigenvalue weighted by atomic mass is 9.69. The lowest BCUT2D eigenvalue weighted by Gasteiger charge is -2.36. The Hall–Kier alpha value is -3.40. The van der Waals surface area contributed by atoms with Crippen molar-refractivity contribution in [3.63, 3.8) is 0 Å². The van der Waals surface area contributed by atoms with Crippen LogP contribution in [0.4, 0.5) is 0 Å². The number of allylic oxidation sites excluding steroid dienone is 3. The molecule has 0 spiro atoms. The van der Waals surface area contributed by atoms with Gasteiger partial charge in [0.05, 0.1) is 0 Å². The lowest BCUT2D eigenvalue weighted by Crippen LogP contribution is -2.47. The van der Waals surface area contributed by atoms with Gasteiger partial charge in [-0.05, 0) is 30.6 Å². The van der Waals surface area contributed by atoms with Crippen LogP contribution in [0.1, 0.15) is 38.2 Å². The van der Waals surface area contributed by atoms with Gasteiger partial charge in [-0.3, -0.25) is 9.59 Å². The fraction of sp³-hybridized carbons (Fsp3) is 0.286. The molecule has 0 fully saturated rings. The quantitative estimate of drug-likeness (QED) is 0.244. The molecule has 3 unspecified atom stereocenters. The van der Waals surface area contributed by atoms with Crippen molar-refractivity contribution in [1.82, 2.24) is 0 Å². The first kappa shape index (κ1) is 24.9. The third-order valence-corrected chi connectivity index (χ3v) is 5.46. The zero-order chi connectivity index (χ0) is 23.7. The van der Waals surface area contributed by atoms with E-state index in [9.17, 15) is 9.59 Å². The number of hydrogen-bond donors (Lipinski definition) is 0. The van der Waals surface area contributed by atoms with Crippen molar-refractivity contribution in [1.29, 1.82) is 0 Å². The van der Waals surface area contributed by atoms with Crippen LogP contribution in [-0.4, -0.2) is 24.1 Å². The number of ether oxygens (including phenoxy) is 2. The zero-order valence-electron chi connectivity index (χ0n) is 19.0. The first-order valence-electron chi connectivity index (χ1n) is 10.6. The van der Waals surface area contributed by atoms with E-state index in [-0.39, 0.29) is 0 Å². The predicted molar refractivity (Wildman–Crippen MR) is 129 cm³/mol. The van der Waals surface area contributed by atoms with Gasteiger partial charge < -0.3 is 9.47 Å². The topological polar surface area (TPSA) is 52.6 Å². The van der Waals surface area contributed by atoms with Gasteiger partial charge in [0.25, 0.3) is 0 Å². The van der Waals surface area contributed by atoms with Crippen molar-refractivity contribution in [3.05, 3.63) is 110 Å². The third kappa shape index (κ3) is 5.44. The second-order valence-electron chi connectivity index (χ2n) is 8.03. The summed E-state index contributed by atoms with van der Waals surface area (Å²) in [5, 5.41) is 0. The zero-order valence-corrected chi connectivity index (χ0v) is 19.0. The first-order chi connectivity index (χ1) is 15.3. The molecule has 4 nitrogen and oxygen atoms in total. The Kier molecular flexibility index (Phi) is 8.77. The van der Waals surface area contributed by atoms with Crippen LogP contribution in [0.15, 0.2) is 104 Å². The molecule has 1 aromatic carbocycles. The van der Waals surface area contributed by atoms with Crippen LogP contribution < -0.4 is 0 Å². The van der Waals surface area contributed by atoms with Crippen LogP contribution in [0, 0.1) is 5.41 Å². The van der Waals surface area contributed by atoms with Crippen molar-refractivity contribution < 1.29 is 19.1 Å². The van der Waals surface area contributed by atoms with Crippen molar-refractivity contribution >= 4 is 11.9 Å². The van der Waals surface area contributed by atoms with E-state index in [0.717, 1.165) is 5.56 Å². The van der Waals surface area contributed by atoms with Gasteiger partial charge in [0, 0.05) is 18.8 Å². The number of esters is 2. The van der Waals surface area contributed by atoms with E-state index in [2.05, 4.69) is 26.3 Å². The number of carbonyl (C=O) groups is 2. The molecule has 32 heavy (non-hydrogen) atoms. The smallest absolute Gasteiger partial charge is 0.329 e. The normalized spacial score (nSPS) is 21.1. The van der Waals surface area contributed by atoms with E-state index < -0.39 is 35.5 Å². The van der Waals surface area contributed by atoms with Gasteiger partial charge in [-0.1, -0.05) is 79.9 Å². The molecule has 2 rings (SSSR count). The van der Waals surface area contributed by atoms with Crippen molar-refractivity contribution in [2.45, 2.75) is 44.8 Å². The summed E-state index contributed by atoms with van der Waals surface area (Å²) >= 11 is 0. The highest BCUT2D eigenvalue weighted by molar-refractivity contribution is 6.04. The number of rotatable bonds is 11. The Bertz CT molecular complexity index is 893. The van der Waals surface area contributed by atoms with E-state index in [0.29, 0.717) is 24.0 Å². The van der Waals surface area contributed by atoms with Crippen LogP contribution in [0.25, 0.3) is 0 Å². The standard InChI is InChI=1S/C28H32O4/c1-7-14-24(20(3)4)31-26(29)28(27(30)32-25(15-8-2)21(5)6)19-13-12-18-23(28)22-16-10-9-11-17-22/h7-13,16-19,23-25H,1-3,5,14-15H2,4,6H3. The van der Waals surface area contributed by atoms with Gasteiger partial charge in [0.15, 0.2) is 5.41 Å². The summed E-state index contributed by atoms with van der Waals surface area (Å²) in [5.74, 6) is -1.98. The second kappa shape index (κ2) is 11.3. The second-order valence-corrected chi connectivity index (χ2v) is 8.03. The summed E-state index contributed by atoms with van der Waals surface area (Å²) in [7, 11) is 0. The fourth-order valence-corrected chi connectivity index (χ4v) is 3.60. The van der Waals surface area contributed by atoms with Gasteiger partial charge in [-0.2, -0.15) is 0 Å². The van der Waals surface area contributed by atoms with E-state index in [4.69, 9.17) is 9.47 Å². The van der Waals surface area contributed by atoms with Gasteiger partial charge in [-0.25, -0.2) is 0 Å². The van der Waals surface area contributed by atoms with Crippen molar-refractivity contribution in [3.8, 4) is 0 Å².